The summed E-state index contributed by atoms with van der Waals surface area (Å²) in [5, 5.41) is 11.3. The van der Waals surface area contributed by atoms with Crippen molar-refractivity contribution in [2.75, 3.05) is 18.4 Å². The SMILES string of the molecule is N#Cc1cnc(NC(=O)CN2C[C@@]3(CC3F)c3cc(C4CC4)ccc3C2=O)nc1. The van der Waals surface area contributed by atoms with Gasteiger partial charge in [-0.15, -0.1) is 0 Å². The third-order valence-electron chi connectivity index (χ3n) is 5.97. The van der Waals surface area contributed by atoms with E-state index in [2.05, 4.69) is 15.3 Å². The van der Waals surface area contributed by atoms with Gasteiger partial charge in [-0.3, -0.25) is 14.9 Å². The summed E-state index contributed by atoms with van der Waals surface area (Å²) in [4.78, 5) is 34.6. The number of anilines is 1. The van der Waals surface area contributed by atoms with Crippen LogP contribution in [-0.2, 0) is 10.2 Å². The number of hydrogen-bond acceptors (Lipinski definition) is 5. The fraction of sp³-hybridized carbons (Fsp3) is 0.381. The minimum Gasteiger partial charge on any atom is -0.328 e. The van der Waals surface area contributed by atoms with E-state index in [1.807, 2.05) is 18.2 Å². The minimum absolute atomic E-state index is 0.0532. The quantitative estimate of drug-likeness (QED) is 0.862. The Morgan fingerprint density at radius 1 is 1.34 bits per heavy atom. The van der Waals surface area contributed by atoms with Gasteiger partial charge in [-0.05, 0) is 42.4 Å². The molecule has 2 fully saturated rings. The summed E-state index contributed by atoms with van der Waals surface area (Å²) < 4.78 is 14.5. The Morgan fingerprint density at radius 3 is 2.69 bits per heavy atom. The third kappa shape index (κ3) is 3.03. The summed E-state index contributed by atoms with van der Waals surface area (Å²) in [6.07, 6.45) is 4.25. The van der Waals surface area contributed by atoms with Gasteiger partial charge in [0.25, 0.3) is 5.91 Å². The number of aromatic nitrogens is 2. The molecule has 1 N–H and O–H groups in total. The second kappa shape index (κ2) is 6.34. The van der Waals surface area contributed by atoms with Gasteiger partial charge in [0.05, 0.1) is 18.0 Å². The van der Waals surface area contributed by atoms with E-state index in [0.29, 0.717) is 17.9 Å². The molecule has 2 aliphatic carbocycles. The first-order chi connectivity index (χ1) is 14.0. The average Bonchev–Trinajstić information content (AvgIpc) is 3.64. The van der Waals surface area contributed by atoms with Crippen LogP contribution in [0.25, 0.3) is 0 Å². The second-order valence-corrected chi connectivity index (χ2v) is 8.02. The van der Waals surface area contributed by atoms with Crippen molar-refractivity contribution < 1.29 is 14.0 Å². The average molecular weight is 391 g/mol. The van der Waals surface area contributed by atoms with Gasteiger partial charge in [0.1, 0.15) is 18.8 Å². The largest absolute Gasteiger partial charge is 0.328 e. The number of hydrogen-bond donors (Lipinski definition) is 1. The molecule has 0 bridgehead atoms. The normalized spacial score (nSPS) is 24.8. The predicted molar refractivity (Wildman–Crippen MR) is 101 cm³/mol. The van der Waals surface area contributed by atoms with Gasteiger partial charge in [0.2, 0.25) is 11.9 Å². The summed E-state index contributed by atoms with van der Waals surface area (Å²) in [7, 11) is 0. The van der Waals surface area contributed by atoms with Crippen molar-refractivity contribution in [1.29, 1.82) is 5.26 Å². The molecule has 5 rings (SSSR count). The number of rotatable bonds is 4. The Kier molecular flexibility index (Phi) is 3.88. The zero-order valence-corrected chi connectivity index (χ0v) is 15.6. The lowest BCUT2D eigenvalue weighted by Gasteiger charge is -2.34. The van der Waals surface area contributed by atoms with Crippen molar-refractivity contribution in [2.45, 2.75) is 36.8 Å². The van der Waals surface area contributed by atoms with Crippen LogP contribution in [-0.4, -0.2) is 45.9 Å². The molecular weight excluding hydrogens is 373 g/mol. The fourth-order valence-electron chi connectivity index (χ4n) is 4.12. The van der Waals surface area contributed by atoms with Crippen LogP contribution in [0.3, 0.4) is 0 Å². The van der Waals surface area contributed by atoms with E-state index >= 15 is 0 Å². The third-order valence-corrected chi connectivity index (χ3v) is 5.97. The first-order valence-corrected chi connectivity index (χ1v) is 9.60. The molecule has 1 aliphatic heterocycles. The number of benzene rings is 1. The van der Waals surface area contributed by atoms with Gasteiger partial charge in [0, 0.05) is 17.5 Å². The smallest absolute Gasteiger partial charge is 0.254 e. The molecule has 0 saturated heterocycles. The molecular formula is C21H18FN5O2. The summed E-state index contributed by atoms with van der Waals surface area (Å²) in [6.45, 7) is -0.0176. The maximum atomic E-state index is 14.5. The molecule has 0 radical (unpaired) electrons. The number of nitriles is 1. The van der Waals surface area contributed by atoms with Crippen LogP contribution in [0.4, 0.5) is 10.3 Å². The van der Waals surface area contributed by atoms with E-state index in [9.17, 15) is 14.0 Å². The van der Waals surface area contributed by atoms with Gasteiger partial charge in [-0.1, -0.05) is 12.1 Å². The fourth-order valence-corrected chi connectivity index (χ4v) is 4.12. The summed E-state index contributed by atoms with van der Waals surface area (Å²) >= 11 is 0. The number of carbonyl (C=O) groups is 2. The van der Waals surface area contributed by atoms with Crippen LogP contribution >= 0.6 is 0 Å². The van der Waals surface area contributed by atoms with Crippen LogP contribution in [0.1, 0.15) is 52.2 Å². The molecule has 1 unspecified atom stereocenters. The zero-order valence-electron chi connectivity index (χ0n) is 15.6. The highest BCUT2D eigenvalue weighted by Gasteiger charge is 2.61. The maximum Gasteiger partial charge on any atom is 0.254 e. The zero-order chi connectivity index (χ0) is 20.2. The van der Waals surface area contributed by atoms with E-state index in [4.69, 9.17) is 5.26 Å². The van der Waals surface area contributed by atoms with Crippen LogP contribution in [0, 0.1) is 11.3 Å². The Hall–Kier alpha value is -3.34. The summed E-state index contributed by atoms with van der Waals surface area (Å²) in [6, 6.07) is 7.64. The Balaban J connectivity index is 1.35. The van der Waals surface area contributed by atoms with Gasteiger partial charge < -0.3 is 4.90 Å². The number of amides is 2. The number of fused-ring (bicyclic) bond motifs is 2. The minimum atomic E-state index is -1.00. The van der Waals surface area contributed by atoms with Gasteiger partial charge in [-0.2, -0.15) is 5.26 Å². The number of nitrogens with one attached hydrogen (secondary N) is 1. The number of nitrogens with zero attached hydrogens (tertiary/aromatic N) is 4. The van der Waals surface area contributed by atoms with E-state index < -0.39 is 17.5 Å². The highest BCUT2D eigenvalue weighted by molar-refractivity contribution is 6.01. The highest BCUT2D eigenvalue weighted by atomic mass is 19.1. The van der Waals surface area contributed by atoms with Crippen molar-refractivity contribution in [3.63, 3.8) is 0 Å². The Morgan fingerprint density at radius 2 is 2.07 bits per heavy atom. The van der Waals surface area contributed by atoms with Gasteiger partial charge >= 0.3 is 0 Å². The Labute approximate surface area is 166 Å². The lowest BCUT2D eigenvalue weighted by atomic mass is 9.84. The predicted octanol–water partition coefficient (Wildman–Crippen LogP) is 2.30. The molecule has 146 valence electrons. The number of carbonyl (C=O) groups excluding carboxylic acids is 2. The summed E-state index contributed by atoms with van der Waals surface area (Å²) in [5.41, 5.74) is 2.05. The van der Waals surface area contributed by atoms with Crippen molar-refractivity contribution in [3.8, 4) is 6.07 Å². The van der Waals surface area contributed by atoms with Crippen LogP contribution in [0.2, 0.25) is 0 Å². The molecule has 2 aromatic rings. The molecule has 1 spiro atoms. The molecule has 1 aromatic heterocycles. The molecule has 2 amide bonds. The van der Waals surface area contributed by atoms with E-state index in [1.165, 1.54) is 22.9 Å². The Bertz CT molecular complexity index is 1060. The maximum absolute atomic E-state index is 14.5. The molecule has 8 heteroatoms. The molecule has 2 atom stereocenters. The molecule has 3 aliphatic rings. The molecule has 2 heterocycles. The number of halogens is 1. The van der Waals surface area contributed by atoms with Crippen LogP contribution in [0.5, 0.6) is 0 Å². The van der Waals surface area contributed by atoms with Crippen LogP contribution in [0.15, 0.2) is 30.6 Å². The molecule has 29 heavy (non-hydrogen) atoms. The molecule has 2 saturated carbocycles. The van der Waals surface area contributed by atoms with Crippen molar-refractivity contribution >= 4 is 17.8 Å². The van der Waals surface area contributed by atoms with E-state index in [1.54, 1.807) is 6.07 Å². The van der Waals surface area contributed by atoms with Gasteiger partial charge in [0.15, 0.2) is 0 Å². The second-order valence-electron chi connectivity index (χ2n) is 8.02. The van der Waals surface area contributed by atoms with E-state index in [0.717, 1.165) is 18.4 Å². The summed E-state index contributed by atoms with van der Waals surface area (Å²) in [5.74, 6) is -0.145. The molecule has 7 nitrogen and oxygen atoms in total. The van der Waals surface area contributed by atoms with Crippen molar-refractivity contribution in [1.82, 2.24) is 14.9 Å². The highest BCUT2D eigenvalue weighted by Crippen LogP contribution is 2.55. The van der Waals surface area contributed by atoms with E-state index in [-0.39, 0.29) is 30.5 Å². The van der Waals surface area contributed by atoms with Gasteiger partial charge in [-0.25, -0.2) is 14.4 Å². The molecule has 1 aromatic carbocycles. The number of alkyl halides is 1. The first-order valence-electron chi connectivity index (χ1n) is 9.60. The van der Waals surface area contributed by atoms with Crippen LogP contribution < -0.4 is 5.32 Å². The topological polar surface area (TPSA) is 99.0 Å². The van der Waals surface area contributed by atoms with Crippen molar-refractivity contribution in [3.05, 3.63) is 52.8 Å². The standard InChI is InChI=1S/C21H18FN5O2/c22-17-6-21(17)11-27(10-18(28)26-20-24-8-12(7-23)9-25-20)19(29)15-4-3-14(5-16(15)21)13-1-2-13/h3-5,8-9,13,17H,1-2,6,10-11H2,(H,24,25,26,28)/t17?,21-/m0/s1. The van der Waals surface area contributed by atoms with Crippen molar-refractivity contribution in [2.24, 2.45) is 0 Å². The lowest BCUT2D eigenvalue weighted by Crippen LogP contribution is -2.47. The lowest BCUT2D eigenvalue weighted by molar-refractivity contribution is -0.117. The first kappa shape index (κ1) is 17.7. The monoisotopic (exact) mass is 391 g/mol.